The number of aromatic hydroxyl groups is 3. The minimum atomic E-state index is -1.91. The van der Waals surface area contributed by atoms with Crippen LogP contribution in [0, 0.1) is 11.8 Å². The molecule has 0 saturated carbocycles. The van der Waals surface area contributed by atoms with E-state index in [9.17, 15) is 45.6 Å². The van der Waals surface area contributed by atoms with E-state index in [1.54, 1.807) is 0 Å². The maximum absolute atomic E-state index is 11.5. The SMILES string of the molecule is COc1cc([C@@H]2c3c(cc(OC)c(O)c3O)C[C@@H](CO)[C@H]2CO[C@@H]2O[C@H](C(=O)O)[C@@H](O)[C@H](O)[C@H]2O)cc(OC)c1O. The van der Waals surface area contributed by atoms with Gasteiger partial charge in [0.25, 0.3) is 0 Å². The first kappa shape index (κ1) is 30.4. The Hall–Kier alpha value is -3.53. The fourth-order valence-electron chi connectivity index (χ4n) is 5.63. The zero-order valence-electron chi connectivity index (χ0n) is 22.5. The van der Waals surface area contributed by atoms with E-state index in [0.29, 0.717) is 11.1 Å². The van der Waals surface area contributed by atoms with E-state index in [-0.39, 0.29) is 48.2 Å². The lowest BCUT2D eigenvalue weighted by Crippen LogP contribution is -2.60. The van der Waals surface area contributed by atoms with Crippen LogP contribution in [0.1, 0.15) is 22.6 Å². The van der Waals surface area contributed by atoms with Crippen LogP contribution in [0.3, 0.4) is 0 Å². The molecule has 2 aliphatic rings. The van der Waals surface area contributed by atoms with E-state index >= 15 is 0 Å². The van der Waals surface area contributed by atoms with Crippen molar-refractivity contribution >= 4 is 5.97 Å². The second-order valence-corrected chi connectivity index (χ2v) is 9.98. The second kappa shape index (κ2) is 12.1. The molecule has 0 bridgehead atoms. The van der Waals surface area contributed by atoms with Crippen LogP contribution in [0.2, 0.25) is 0 Å². The molecule has 1 saturated heterocycles. The number of methoxy groups -OCH3 is 3. The predicted octanol–water partition coefficient (Wildman–Crippen LogP) is -0.349. The first-order chi connectivity index (χ1) is 19.5. The smallest absolute Gasteiger partial charge is 0.335 e. The summed E-state index contributed by atoms with van der Waals surface area (Å²) in [5.74, 6) is -4.93. The normalized spacial score (nSPS) is 29.4. The lowest BCUT2D eigenvalue weighted by Gasteiger charge is -2.42. The van der Waals surface area contributed by atoms with Gasteiger partial charge in [-0.3, -0.25) is 0 Å². The van der Waals surface area contributed by atoms with Crippen LogP contribution in [-0.4, -0.2) is 112 Å². The third-order valence-electron chi connectivity index (χ3n) is 7.77. The van der Waals surface area contributed by atoms with Crippen molar-refractivity contribution in [2.45, 2.75) is 43.0 Å². The van der Waals surface area contributed by atoms with Crippen molar-refractivity contribution in [1.82, 2.24) is 0 Å². The molecule has 8 atom stereocenters. The minimum absolute atomic E-state index is 0.0123. The Kier molecular flexibility index (Phi) is 9.01. The average Bonchev–Trinajstić information content (AvgIpc) is 2.96. The maximum Gasteiger partial charge on any atom is 0.335 e. The van der Waals surface area contributed by atoms with Gasteiger partial charge in [0.15, 0.2) is 35.4 Å². The summed E-state index contributed by atoms with van der Waals surface area (Å²) in [6.07, 6.45) is -8.95. The van der Waals surface area contributed by atoms with E-state index in [0.717, 1.165) is 0 Å². The van der Waals surface area contributed by atoms with Crippen LogP contribution in [0.5, 0.6) is 34.5 Å². The number of hydrogen-bond acceptors (Lipinski definition) is 13. The molecular formula is C27H34O14. The molecule has 0 radical (unpaired) electrons. The Morgan fingerprint density at radius 2 is 1.46 bits per heavy atom. The van der Waals surface area contributed by atoms with Crippen LogP contribution in [0.15, 0.2) is 18.2 Å². The summed E-state index contributed by atoms with van der Waals surface area (Å²) >= 11 is 0. The van der Waals surface area contributed by atoms with Crippen LogP contribution in [0.4, 0.5) is 0 Å². The number of phenols is 3. The number of ether oxygens (including phenoxy) is 5. The van der Waals surface area contributed by atoms with E-state index in [4.69, 9.17) is 23.7 Å². The lowest BCUT2D eigenvalue weighted by atomic mass is 9.66. The van der Waals surface area contributed by atoms with Gasteiger partial charge < -0.3 is 64.5 Å². The largest absolute Gasteiger partial charge is 0.504 e. The number of carboxylic acid groups (broad SMARTS) is 1. The van der Waals surface area contributed by atoms with Crippen molar-refractivity contribution in [3.8, 4) is 34.5 Å². The topological polar surface area (TPSA) is 225 Å². The predicted molar refractivity (Wildman–Crippen MR) is 137 cm³/mol. The number of aliphatic hydroxyl groups is 4. The summed E-state index contributed by atoms with van der Waals surface area (Å²) in [5.41, 5.74) is 1.23. The third-order valence-corrected chi connectivity index (χ3v) is 7.77. The van der Waals surface area contributed by atoms with E-state index in [1.165, 1.54) is 39.5 Å². The van der Waals surface area contributed by atoms with E-state index < -0.39 is 65.9 Å². The summed E-state index contributed by atoms with van der Waals surface area (Å²) in [6.45, 7) is -0.683. The molecule has 2 aromatic carbocycles. The Balaban J connectivity index is 1.82. The highest BCUT2D eigenvalue weighted by molar-refractivity contribution is 5.73. The van der Waals surface area contributed by atoms with Gasteiger partial charge in [-0.05, 0) is 47.6 Å². The fourth-order valence-corrected chi connectivity index (χ4v) is 5.63. The van der Waals surface area contributed by atoms with Crippen molar-refractivity contribution < 1.29 is 69.3 Å². The fraction of sp³-hybridized carbons (Fsp3) is 0.519. The quantitative estimate of drug-likeness (QED) is 0.177. The number of benzene rings is 2. The van der Waals surface area contributed by atoms with Crippen LogP contribution >= 0.6 is 0 Å². The van der Waals surface area contributed by atoms with Crippen molar-refractivity contribution in [3.63, 3.8) is 0 Å². The molecule has 2 aromatic rings. The van der Waals surface area contributed by atoms with Crippen LogP contribution < -0.4 is 14.2 Å². The highest BCUT2D eigenvalue weighted by atomic mass is 16.7. The minimum Gasteiger partial charge on any atom is -0.504 e. The molecule has 0 amide bonds. The van der Waals surface area contributed by atoms with Gasteiger partial charge in [0.1, 0.15) is 18.3 Å². The average molecular weight is 583 g/mol. The number of hydrogen-bond donors (Lipinski definition) is 8. The van der Waals surface area contributed by atoms with Gasteiger partial charge in [-0.1, -0.05) is 0 Å². The third kappa shape index (κ3) is 5.41. The zero-order valence-corrected chi connectivity index (χ0v) is 22.5. The number of fused-ring (bicyclic) bond motifs is 1. The van der Waals surface area contributed by atoms with Crippen molar-refractivity contribution in [2.75, 3.05) is 34.5 Å². The molecule has 14 heteroatoms. The molecule has 4 rings (SSSR count). The summed E-state index contributed by atoms with van der Waals surface area (Å²) in [7, 11) is 3.99. The van der Waals surface area contributed by atoms with E-state index in [1.807, 2.05) is 0 Å². The van der Waals surface area contributed by atoms with Gasteiger partial charge in [0.05, 0.1) is 27.9 Å². The first-order valence-electron chi connectivity index (χ1n) is 12.7. The first-order valence-corrected chi connectivity index (χ1v) is 12.7. The molecule has 1 fully saturated rings. The number of carbonyl (C=O) groups is 1. The molecule has 0 aromatic heterocycles. The Morgan fingerprint density at radius 3 is 2.00 bits per heavy atom. The standard InChI is InChI=1S/C27H34O14/c1-37-14-6-11(7-15(38-2)19(14)29)17-13(9-40-27-24(34)22(32)23(33)25(41-27)26(35)36)12(8-28)4-10-5-16(39-3)20(30)21(31)18(10)17/h5-7,12-13,17,22-25,27-34H,4,8-9H2,1-3H3,(H,35,36)/t12-,13+,17-,22-,23-,24+,25-,27+/m0/s1. The summed E-state index contributed by atoms with van der Waals surface area (Å²) < 4.78 is 26.9. The Labute approximate surface area is 234 Å². The molecule has 8 N–H and O–H groups in total. The van der Waals surface area contributed by atoms with Gasteiger partial charge in [-0.2, -0.15) is 0 Å². The highest BCUT2D eigenvalue weighted by Crippen LogP contribution is 2.54. The van der Waals surface area contributed by atoms with E-state index in [2.05, 4.69) is 0 Å². The molecular weight excluding hydrogens is 548 g/mol. The number of phenolic OH excluding ortho intramolecular Hbond substituents is 3. The van der Waals surface area contributed by atoms with Crippen molar-refractivity contribution in [1.29, 1.82) is 0 Å². The molecule has 14 nitrogen and oxygen atoms in total. The molecule has 1 heterocycles. The molecule has 0 unspecified atom stereocenters. The zero-order chi connectivity index (χ0) is 30.2. The molecule has 226 valence electrons. The number of carboxylic acids is 1. The Bertz CT molecular complexity index is 1240. The molecule has 41 heavy (non-hydrogen) atoms. The molecule has 1 aliphatic carbocycles. The van der Waals surface area contributed by atoms with Gasteiger partial charge in [-0.15, -0.1) is 0 Å². The van der Waals surface area contributed by atoms with Crippen LogP contribution in [0.25, 0.3) is 0 Å². The highest BCUT2D eigenvalue weighted by Gasteiger charge is 2.49. The molecule has 0 spiro atoms. The van der Waals surface area contributed by atoms with Gasteiger partial charge in [0.2, 0.25) is 11.5 Å². The maximum atomic E-state index is 11.5. The lowest BCUT2D eigenvalue weighted by molar-refractivity contribution is -0.297. The van der Waals surface area contributed by atoms with Gasteiger partial charge >= 0.3 is 5.97 Å². The van der Waals surface area contributed by atoms with Crippen LogP contribution in [-0.2, 0) is 20.7 Å². The van der Waals surface area contributed by atoms with Gasteiger partial charge in [-0.25, -0.2) is 4.79 Å². The summed E-state index contributed by atoms with van der Waals surface area (Å²) in [5, 5.41) is 82.8. The summed E-state index contributed by atoms with van der Waals surface area (Å²) in [6, 6.07) is 4.52. The monoisotopic (exact) mass is 582 g/mol. The summed E-state index contributed by atoms with van der Waals surface area (Å²) in [4.78, 5) is 11.5. The number of aliphatic hydroxyl groups excluding tert-OH is 4. The number of aliphatic carboxylic acids is 1. The second-order valence-electron chi connectivity index (χ2n) is 9.98. The van der Waals surface area contributed by atoms with Crippen molar-refractivity contribution in [2.24, 2.45) is 11.8 Å². The van der Waals surface area contributed by atoms with Gasteiger partial charge in [0, 0.05) is 18.1 Å². The van der Waals surface area contributed by atoms with Crippen molar-refractivity contribution in [3.05, 3.63) is 34.9 Å². The number of rotatable bonds is 9. The Morgan fingerprint density at radius 1 is 0.878 bits per heavy atom. The molecule has 1 aliphatic heterocycles.